The third-order valence-electron chi connectivity index (χ3n) is 3.56. The van der Waals surface area contributed by atoms with Gasteiger partial charge in [0.1, 0.15) is 11.6 Å². The second-order valence-corrected chi connectivity index (χ2v) is 5.33. The van der Waals surface area contributed by atoms with Gasteiger partial charge in [0.15, 0.2) is 0 Å². The van der Waals surface area contributed by atoms with Crippen molar-refractivity contribution in [3.05, 3.63) is 46.1 Å². The summed E-state index contributed by atoms with van der Waals surface area (Å²) >= 11 is 0. The normalized spacial score (nSPS) is 13.2. The number of anilines is 1. The zero-order chi connectivity index (χ0) is 16.3. The molecule has 0 amide bonds. The maximum atomic E-state index is 11.9. The van der Waals surface area contributed by atoms with E-state index < -0.39 is 5.69 Å². The molecule has 2 rings (SSSR count). The Labute approximate surface area is 129 Å². The Bertz CT molecular complexity index is 763. The lowest BCUT2D eigenvalue weighted by Crippen LogP contribution is -2.22. The van der Waals surface area contributed by atoms with Gasteiger partial charge in [-0.25, -0.2) is 9.78 Å². The van der Waals surface area contributed by atoms with E-state index in [-0.39, 0.29) is 11.9 Å². The van der Waals surface area contributed by atoms with Crippen molar-refractivity contribution in [2.24, 2.45) is 4.99 Å². The van der Waals surface area contributed by atoms with E-state index in [0.29, 0.717) is 5.82 Å². The average molecular weight is 299 g/mol. The number of nitrogens with two attached hydrogens (primary N) is 1. The van der Waals surface area contributed by atoms with Crippen molar-refractivity contribution in [2.45, 2.75) is 40.2 Å². The molecule has 2 heterocycles. The number of hydrogen-bond acceptors (Lipinski definition) is 5. The minimum Gasteiger partial charge on any atom is -0.383 e. The monoisotopic (exact) mass is 299 g/mol. The molecule has 6 heteroatoms. The first-order chi connectivity index (χ1) is 10.4. The molecule has 0 spiro atoms. The quantitative estimate of drug-likeness (QED) is 0.876. The van der Waals surface area contributed by atoms with E-state index in [1.54, 1.807) is 18.5 Å². The molecule has 0 saturated heterocycles. The molecule has 0 fully saturated rings. The molecular formula is C16H21N5O. The fourth-order valence-corrected chi connectivity index (χ4v) is 2.13. The Morgan fingerprint density at radius 2 is 2.23 bits per heavy atom. The summed E-state index contributed by atoms with van der Waals surface area (Å²) in [5, 5.41) is 0. The van der Waals surface area contributed by atoms with Gasteiger partial charge in [-0.3, -0.25) is 9.56 Å². The van der Waals surface area contributed by atoms with Crippen molar-refractivity contribution in [2.75, 3.05) is 5.73 Å². The van der Waals surface area contributed by atoms with Gasteiger partial charge in [0.2, 0.25) is 0 Å². The second kappa shape index (κ2) is 6.51. The zero-order valence-electron chi connectivity index (χ0n) is 13.4. The number of nitrogens with zero attached hydrogens (tertiary/aromatic N) is 4. The Balaban J connectivity index is 2.42. The summed E-state index contributed by atoms with van der Waals surface area (Å²) in [6.45, 7) is 8.15. The summed E-state index contributed by atoms with van der Waals surface area (Å²) in [5.74, 6) is 0.723. The smallest absolute Gasteiger partial charge is 0.355 e. The van der Waals surface area contributed by atoms with Crippen LogP contribution in [-0.2, 0) is 0 Å². The maximum absolute atomic E-state index is 11.9. The van der Waals surface area contributed by atoms with Gasteiger partial charge < -0.3 is 5.73 Å². The first-order valence-corrected chi connectivity index (χ1v) is 7.29. The lowest BCUT2D eigenvalue weighted by atomic mass is 10.1. The fraction of sp³-hybridized carbons (Fsp3) is 0.375. The molecule has 116 valence electrons. The number of aryl methyl sites for hydroxylation is 1. The van der Waals surface area contributed by atoms with Gasteiger partial charge >= 0.3 is 5.69 Å². The Morgan fingerprint density at radius 1 is 1.50 bits per heavy atom. The molecule has 0 aromatic carbocycles. The number of rotatable bonds is 4. The molecule has 0 aliphatic carbocycles. The lowest BCUT2D eigenvalue weighted by molar-refractivity contribution is 0.717. The summed E-state index contributed by atoms with van der Waals surface area (Å²) in [4.78, 5) is 24.6. The van der Waals surface area contributed by atoms with Crippen LogP contribution in [0.2, 0.25) is 0 Å². The summed E-state index contributed by atoms with van der Waals surface area (Å²) in [7, 11) is 0. The highest BCUT2D eigenvalue weighted by Gasteiger charge is 2.08. The molecule has 0 aliphatic rings. The molecule has 2 N–H and O–H groups in total. The van der Waals surface area contributed by atoms with Crippen LogP contribution in [0.5, 0.6) is 0 Å². The summed E-state index contributed by atoms with van der Waals surface area (Å²) in [5.41, 5.74) is 8.01. The molecule has 22 heavy (non-hydrogen) atoms. The van der Waals surface area contributed by atoms with Crippen molar-refractivity contribution in [1.82, 2.24) is 14.5 Å². The fourth-order valence-electron chi connectivity index (χ4n) is 2.13. The van der Waals surface area contributed by atoms with E-state index in [0.717, 1.165) is 23.3 Å². The number of nitrogen functional groups attached to an aromatic ring is 1. The highest BCUT2D eigenvalue weighted by molar-refractivity contribution is 5.99. The van der Waals surface area contributed by atoms with E-state index in [1.807, 2.05) is 19.9 Å². The molecule has 1 unspecified atom stereocenters. The predicted molar refractivity (Wildman–Crippen MR) is 88.7 cm³/mol. The van der Waals surface area contributed by atoms with E-state index in [1.165, 1.54) is 4.57 Å². The molecule has 0 bridgehead atoms. The average Bonchev–Trinajstić information content (AvgIpc) is 2.46. The van der Waals surface area contributed by atoms with Crippen molar-refractivity contribution in [3.63, 3.8) is 0 Å². The van der Waals surface area contributed by atoms with Crippen LogP contribution in [0.3, 0.4) is 0 Å². The third-order valence-corrected chi connectivity index (χ3v) is 3.56. The molecule has 0 saturated carbocycles. The number of pyridine rings is 1. The number of aromatic nitrogens is 3. The molecule has 2 aromatic rings. The molecular weight excluding hydrogens is 278 g/mol. The molecule has 0 aliphatic heterocycles. The standard InChI is InChI=1S/C16H21N5O/c1-5-11(3)19-12(4)13-9-18-15(8-10(13)2)21-7-6-14(17)20-16(21)22/h6-9,11H,5H2,1-4H3,(H2,17,20,22). The van der Waals surface area contributed by atoms with E-state index in [9.17, 15) is 4.79 Å². The predicted octanol–water partition coefficient (Wildman–Crippen LogP) is 2.13. The van der Waals surface area contributed by atoms with Crippen LogP contribution in [0, 0.1) is 6.92 Å². The molecule has 0 radical (unpaired) electrons. The Morgan fingerprint density at radius 3 is 2.82 bits per heavy atom. The van der Waals surface area contributed by atoms with Crippen LogP contribution in [0.25, 0.3) is 5.82 Å². The Kier molecular flexibility index (Phi) is 4.70. The summed E-state index contributed by atoms with van der Waals surface area (Å²) < 4.78 is 1.37. The van der Waals surface area contributed by atoms with Crippen LogP contribution < -0.4 is 11.4 Å². The SMILES string of the molecule is CCC(C)N=C(C)c1cnc(-n2ccc(N)nc2=O)cc1C. The number of hydrogen-bond donors (Lipinski definition) is 1. The zero-order valence-corrected chi connectivity index (χ0v) is 13.4. The molecule has 2 aromatic heterocycles. The van der Waals surface area contributed by atoms with Gasteiger partial charge in [0, 0.05) is 29.7 Å². The highest BCUT2D eigenvalue weighted by atomic mass is 16.1. The van der Waals surface area contributed by atoms with Gasteiger partial charge in [0.25, 0.3) is 0 Å². The number of aliphatic imine (C=N–C) groups is 1. The van der Waals surface area contributed by atoms with E-state index in [2.05, 4.69) is 28.8 Å². The highest BCUT2D eigenvalue weighted by Crippen LogP contribution is 2.13. The first kappa shape index (κ1) is 15.9. The maximum Gasteiger partial charge on any atom is 0.355 e. The first-order valence-electron chi connectivity index (χ1n) is 7.29. The second-order valence-electron chi connectivity index (χ2n) is 5.33. The van der Waals surface area contributed by atoms with Crippen molar-refractivity contribution in [1.29, 1.82) is 0 Å². The van der Waals surface area contributed by atoms with Crippen LogP contribution in [0.15, 0.2) is 34.3 Å². The van der Waals surface area contributed by atoms with E-state index in [4.69, 9.17) is 5.73 Å². The molecule has 1 atom stereocenters. The van der Waals surface area contributed by atoms with E-state index >= 15 is 0 Å². The summed E-state index contributed by atoms with van der Waals surface area (Å²) in [6, 6.07) is 3.70. The van der Waals surface area contributed by atoms with Crippen LogP contribution in [0.1, 0.15) is 38.3 Å². The minimum absolute atomic E-state index is 0.200. The van der Waals surface area contributed by atoms with Crippen molar-refractivity contribution >= 4 is 11.5 Å². The van der Waals surface area contributed by atoms with Gasteiger partial charge in [0.05, 0.1) is 0 Å². The topological polar surface area (TPSA) is 86.2 Å². The van der Waals surface area contributed by atoms with Crippen molar-refractivity contribution in [3.8, 4) is 5.82 Å². The van der Waals surface area contributed by atoms with Crippen LogP contribution in [0.4, 0.5) is 5.82 Å². The Hall–Kier alpha value is -2.50. The van der Waals surface area contributed by atoms with Gasteiger partial charge in [-0.15, -0.1) is 0 Å². The molecule has 6 nitrogen and oxygen atoms in total. The van der Waals surface area contributed by atoms with Crippen molar-refractivity contribution < 1.29 is 0 Å². The summed E-state index contributed by atoms with van der Waals surface area (Å²) in [6.07, 6.45) is 4.31. The van der Waals surface area contributed by atoms with Gasteiger partial charge in [-0.05, 0) is 44.9 Å². The van der Waals surface area contributed by atoms with Gasteiger partial charge in [-0.2, -0.15) is 4.98 Å². The third kappa shape index (κ3) is 3.39. The van der Waals surface area contributed by atoms with Crippen LogP contribution >= 0.6 is 0 Å². The van der Waals surface area contributed by atoms with Crippen LogP contribution in [-0.4, -0.2) is 26.3 Å². The minimum atomic E-state index is -0.440. The lowest BCUT2D eigenvalue weighted by Gasteiger charge is -2.11. The largest absolute Gasteiger partial charge is 0.383 e. The van der Waals surface area contributed by atoms with Gasteiger partial charge in [-0.1, -0.05) is 6.92 Å².